The van der Waals surface area contributed by atoms with Crippen molar-refractivity contribution in [1.29, 1.82) is 0 Å². The van der Waals surface area contributed by atoms with Gasteiger partial charge in [-0.05, 0) is 11.6 Å². The second-order valence-electron chi connectivity index (χ2n) is 2.86. The quantitative estimate of drug-likeness (QED) is 0.796. The van der Waals surface area contributed by atoms with Gasteiger partial charge in [0, 0.05) is 13.5 Å². The lowest BCUT2D eigenvalue weighted by Gasteiger charge is -2.10. The molecule has 0 saturated carbocycles. The Morgan fingerprint density at radius 3 is 2.71 bits per heavy atom. The molecule has 76 valence electrons. The van der Waals surface area contributed by atoms with Gasteiger partial charge in [-0.1, -0.05) is 18.2 Å². The molecule has 1 atom stereocenters. The Balaban J connectivity index is 2.77. The summed E-state index contributed by atoms with van der Waals surface area (Å²) in [7, 11) is 1.29. The van der Waals surface area contributed by atoms with Gasteiger partial charge in [-0.2, -0.15) is 0 Å². The maximum absolute atomic E-state index is 13.1. The molecule has 0 aromatic heterocycles. The minimum Gasteiger partial charge on any atom is -0.479 e. The highest BCUT2D eigenvalue weighted by atomic mass is 19.1. The van der Waals surface area contributed by atoms with E-state index in [0.29, 0.717) is 5.56 Å². The van der Waals surface area contributed by atoms with Crippen LogP contribution in [0.15, 0.2) is 24.3 Å². The number of carboxylic acids is 1. The summed E-state index contributed by atoms with van der Waals surface area (Å²) in [4.78, 5) is 10.6. The summed E-state index contributed by atoms with van der Waals surface area (Å²) in [6, 6.07) is 6.06. The number of carbonyl (C=O) groups is 1. The fourth-order valence-corrected chi connectivity index (χ4v) is 1.14. The average molecular weight is 198 g/mol. The third kappa shape index (κ3) is 2.53. The third-order valence-electron chi connectivity index (χ3n) is 1.92. The maximum Gasteiger partial charge on any atom is 0.333 e. The van der Waals surface area contributed by atoms with Crippen LogP contribution >= 0.6 is 0 Å². The minimum atomic E-state index is -1.09. The molecule has 0 saturated heterocycles. The van der Waals surface area contributed by atoms with E-state index in [9.17, 15) is 9.18 Å². The smallest absolute Gasteiger partial charge is 0.333 e. The van der Waals surface area contributed by atoms with E-state index in [0.717, 1.165) is 0 Å². The number of hydrogen-bond donors (Lipinski definition) is 1. The van der Waals surface area contributed by atoms with Gasteiger partial charge in [-0.15, -0.1) is 0 Å². The zero-order valence-corrected chi connectivity index (χ0v) is 7.74. The predicted octanol–water partition coefficient (Wildman–Crippen LogP) is 1.47. The molecule has 0 fully saturated rings. The Hall–Kier alpha value is -1.42. The van der Waals surface area contributed by atoms with E-state index in [1.165, 1.54) is 13.2 Å². The largest absolute Gasteiger partial charge is 0.479 e. The molecule has 1 rings (SSSR count). The first-order chi connectivity index (χ1) is 6.65. The van der Waals surface area contributed by atoms with E-state index in [1.807, 2.05) is 0 Å². The number of halogens is 1. The van der Waals surface area contributed by atoms with Crippen LogP contribution in [0.25, 0.3) is 0 Å². The monoisotopic (exact) mass is 198 g/mol. The molecule has 0 radical (unpaired) electrons. The van der Waals surface area contributed by atoms with Crippen LogP contribution in [0.2, 0.25) is 0 Å². The molecule has 0 spiro atoms. The summed E-state index contributed by atoms with van der Waals surface area (Å²) < 4.78 is 17.8. The van der Waals surface area contributed by atoms with Gasteiger partial charge in [0.05, 0.1) is 0 Å². The van der Waals surface area contributed by atoms with Crippen LogP contribution in [-0.2, 0) is 16.0 Å². The molecule has 1 N–H and O–H groups in total. The van der Waals surface area contributed by atoms with E-state index in [4.69, 9.17) is 9.84 Å². The van der Waals surface area contributed by atoms with Gasteiger partial charge in [0.2, 0.25) is 0 Å². The lowest BCUT2D eigenvalue weighted by molar-refractivity contribution is -0.148. The van der Waals surface area contributed by atoms with Crippen molar-refractivity contribution in [2.75, 3.05) is 7.11 Å². The molecule has 1 aromatic rings. The van der Waals surface area contributed by atoms with Crippen LogP contribution in [0.5, 0.6) is 0 Å². The summed E-state index contributed by atoms with van der Waals surface area (Å²) in [6.45, 7) is 0. The van der Waals surface area contributed by atoms with Crippen molar-refractivity contribution in [3.63, 3.8) is 0 Å². The summed E-state index contributed by atoms with van der Waals surface area (Å²) in [6.07, 6.45) is -0.953. The van der Waals surface area contributed by atoms with Crippen molar-refractivity contribution < 1.29 is 19.0 Å². The number of aliphatic carboxylic acids is 1. The van der Waals surface area contributed by atoms with Crippen molar-refractivity contribution in [1.82, 2.24) is 0 Å². The number of methoxy groups -OCH3 is 1. The van der Waals surface area contributed by atoms with Gasteiger partial charge in [-0.25, -0.2) is 9.18 Å². The van der Waals surface area contributed by atoms with Gasteiger partial charge in [0.1, 0.15) is 5.82 Å². The Morgan fingerprint density at radius 2 is 2.21 bits per heavy atom. The zero-order chi connectivity index (χ0) is 10.6. The van der Waals surface area contributed by atoms with E-state index in [-0.39, 0.29) is 6.42 Å². The van der Waals surface area contributed by atoms with Crippen molar-refractivity contribution in [3.05, 3.63) is 35.6 Å². The minimum absolute atomic E-state index is 0.0402. The molecule has 0 aliphatic heterocycles. The molecule has 0 bridgehead atoms. The van der Waals surface area contributed by atoms with E-state index in [2.05, 4.69) is 0 Å². The number of hydrogen-bond acceptors (Lipinski definition) is 2. The lowest BCUT2D eigenvalue weighted by atomic mass is 10.1. The Bertz CT molecular complexity index is 325. The van der Waals surface area contributed by atoms with Crippen LogP contribution in [-0.4, -0.2) is 24.3 Å². The van der Waals surface area contributed by atoms with E-state index in [1.54, 1.807) is 18.2 Å². The van der Waals surface area contributed by atoms with Gasteiger partial charge < -0.3 is 9.84 Å². The van der Waals surface area contributed by atoms with Gasteiger partial charge in [0.15, 0.2) is 6.10 Å². The fourth-order valence-electron chi connectivity index (χ4n) is 1.14. The van der Waals surface area contributed by atoms with Crippen LogP contribution in [0.1, 0.15) is 5.56 Å². The van der Waals surface area contributed by atoms with Crippen molar-refractivity contribution in [3.8, 4) is 0 Å². The summed E-state index contributed by atoms with van der Waals surface area (Å²) >= 11 is 0. The lowest BCUT2D eigenvalue weighted by Crippen LogP contribution is -2.25. The second-order valence-corrected chi connectivity index (χ2v) is 2.86. The second kappa shape index (κ2) is 4.72. The van der Waals surface area contributed by atoms with Gasteiger partial charge in [-0.3, -0.25) is 0 Å². The molecule has 0 heterocycles. The molecule has 3 nitrogen and oxygen atoms in total. The number of benzene rings is 1. The molecular weight excluding hydrogens is 187 g/mol. The highest BCUT2D eigenvalue weighted by Gasteiger charge is 2.18. The zero-order valence-electron chi connectivity index (χ0n) is 7.74. The molecular formula is C10H11FO3. The van der Waals surface area contributed by atoms with E-state index < -0.39 is 17.9 Å². The van der Waals surface area contributed by atoms with Crippen LogP contribution in [0, 0.1) is 5.82 Å². The topological polar surface area (TPSA) is 46.5 Å². The third-order valence-corrected chi connectivity index (χ3v) is 1.92. The highest BCUT2D eigenvalue weighted by molar-refractivity contribution is 5.72. The van der Waals surface area contributed by atoms with Crippen molar-refractivity contribution in [2.45, 2.75) is 12.5 Å². The Kier molecular flexibility index (Phi) is 3.59. The summed E-state index contributed by atoms with van der Waals surface area (Å²) in [5.74, 6) is -1.49. The molecule has 4 heteroatoms. The van der Waals surface area contributed by atoms with Gasteiger partial charge in [0.25, 0.3) is 0 Å². The van der Waals surface area contributed by atoms with Crippen LogP contribution in [0.4, 0.5) is 4.39 Å². The SMILES string of the molecule is CO[C@@H](Cc1ccccc1F)C(=O)O. The standard InChI is InChI=1S/C10H11FO3/c1-14-9(10(12)13)6-7-4-2-3-5-8(7)11/h2-5,9H,6H2,1H3,(H,12,13)/t9-/m0/s1. The predicted molar refractivity (Wildman–Crippen MR) is 48.5 cm³/mol. The van der Waals surface area contributed by atoms with Crippen LogP contribution in [0.3, 0.4) is 0 Å². The molecule has 1 aromatic carbocycles. The number of ether oxygens (including phenoxy) is 1. The maximum atomic E-state index is 13.1. The van der Waals surface area contributed by atoms with E-state index >= 15 is 0 Å². The number of carboxylic acid groups (broad SMARTS) is 1. The normalized spacial score (nSPS) is 12.4. The van der Waals surface area contributed by atoms with Crippen molar-refractivity contribution >= 4 is 5.97 Å². The Labute approximate surface area is 81.1 Å². The first-order valence-corrected chi connectivity index (χ1v) is 4.14. The molecule has 0 amide bonds. The first kappa shape index (κ1) is 10.7. The molecule has 14 heavy (non-hydrogen) atoms. The van der Waals surface area contributed by atoms with Gasteiger partial charge >= 0.3 is 5.97 Å². The highest BCUT2D eigenvalue weighted by Crippen LogP contribution is 2.10. The summed E-state index contributed by atoms with van der Waals surface area (Å²) in [5, 5.41) is 8.68. The number of rotatable bonds is 4. The molecule has 0 unspecified atom stereocenters. The van der Waals surface area contributed by atoms with Crippen LogP contribution < -0.4 is 0 Å². The Morgan fingerprint density at radius 1 is 1.57 bits per heavy atom. The van der Waals surface area contributed by atoms with Crippen molar-refractivity contribution in [2.24, 2.45) is 0 Å². The fraction of sp³-hybridized carbons (Fsp3) is 0.300. The summed E-state index contributed by atoms with van der Waals surface area (Å²) in [5.41, 5.74) is 0.349. The molecule has 0 aliphatic carbocycles. The first-order valence-electron chi connectivity index (χ1n) is 4.14. The average Bonchev–Trinajstić information content (AvgIpc) is 2.16. The molecule has 0 aliphatic rings.